The molecule has 2 rings (SSSR count). The number of anilines is 2. The maximum atomic E-state index is 12.0. The zero-order valence-electron chi connectivity index (χ0n) is 13.2. The van der Waals surface area contributed by atoms with Crippen LogP contribution in [-0.2, 0) is 11.2 Å². The molecule has 0 fully saturated rings. The molecule has 0 heterocycles. The van der Waals surface area contributed by atoms with Crippen molar-refractivity contribution in [1.82, 2.24) is 0 Å². The normalized spacial score (nSPS) is 11.0. The Hall–Kier alpha value is -2.49. The highest BCUT2D eigenvalue weighted by atomic mass is 16.5. The van der Waals surface area contributed by atoms with Gasteiger partial charge in [0.25, 0.3) is 0 Å². The van der Waals surface area contributed by atoms with E-state index in [0.717, 1.165) is 17.0 Å². The molecule has 0 bridgehead atoms. The van der Waals surface area contributed by atoms with Crippen molar-refractivity contribution in [3.8, 4) is 5.75 Å². The monoisotopic (exact) mass is 298 g/mol. The van der Waals surface area contributed by atoms with Gasteiger partial charge in [0.15, 0.2) is 0 Å². The number of carbonyl (C=O) groups is 1. The number of rotatable bonds is 4. The van der Waals surface area contributed by atoms with Gasteiger partial charge in [-0.15, -0.1) is 0 Å². The van der Waals surface area contributed by atoms with Gasteiger partial charge in [0.05, 0.1) is 6.42 Å². The van der Waals surface area contributed by atoms with E-state index in [9.17, 15) is 4.79 Å². The fraction of sp³-hybridized carbons (Fsp3) is 0.278. The second kappa shape index (κ2) is 6.52. The third-order valence-electron chi connectivity index (χ3n) is 2.91. The van der Waals surface area contributed by atoms with Crippen LogP contribution in [0.4, 0.5) is 11.4 Å². The van der Waals surface area contributed by atoms with Crippen molar-refractivity contribution in [3.63, 3.8) is 0 Å². The summed E-state index contributed by atoms with van der Waals surface area (Å²) in [5.74, 6) is 0.721. The molecule has 0 aromatic heterocycles. The molecule has 0 spiro atoms. The van der Waals surface area contributed by atoms with Gasteiger partial charge in [-0.25, -0.2) is 0 Å². The molecule has 0 aliphatic rings. The van der Waals surface area contributed by atoms with E-state index in [1.165, 1.54) is 0 Å². The van der Waals surface area contributed by atoms with Crippen molar-refractivity contribution in [2.45, 2.75) is 32.8 Å². The van der Waals surface area contributed by atoms with Gasteiger partial charge in [-0.3, -0.25) is 4.79 Å². The zero-order chi connectivity index (χ0) is 16.2. The third kappa shape index (κ3) is 5.13. The van der Waals surface area contributed by atoms with E-state index >= 15 is 0 Å². The first-order valence-corrected chi connectivity index (χ1v) is 7.25. The summed E-state index contributed by atoms with van der Waals surface area (Å²) >= 11 is 0. The highest BCUT2D eigenvalue weighted by Gasteiger charge is 2.11. The first-order chi connectivity index (χ1) is 10.3. The number of hydrogen-bond acceptors (Lipinski definition) is 3. The fourth-order valence-corrected chi connectivity index (χ4v) is 1.99. The molecule has 2 aromatic carbocycles. The number of benzene rings is 2. The van der Waals surface area contributed by atoms with Gasteiger partial charge in [0.1, 0.15) is 11.4 Å². The largest absolute Gasteiger partial charge is 0.488 e. The van der Waals surface area contributed by atoms with Gasteiger partial charge in [0.2, 0.25) is 5.91 Å². The predicted molar refractivity (Wildman–Crippen MR) is 90.0 cm³/mol. The SMILES string of the molecule is CC(C)(C)Oc1ccc(NC(=O)Cc2ccc(N)cc2)cc1. The summed E-state index contributed by atoms with van der Waals surface area (Å²) in [5, 5.41) is 2.87. The summed E-state index contributed by atoms with van der Waals surface area (Å²) in [4.78, 5) is 12.0. The molecule has 4 heteroatoms. The molecule has 116 valence electrons. The molecule has 0 aliphatic carbocycles. The van der Waals surface area contributed by atoms with Gasteiger partial charge in [-0.2, -0.15) is 0 Å². The van der Waals surface area contributed by atoms with E-state index in [1.807, 2.05) is 57.2 Å². The molecule has 2 aromatic rings. The van der Waals surface area contributed by atoms with Crippen LogP contribution in [-0.4, -0.2) is 11.5 Å². The minimum absolute atomic E-state index is 0.0609. The van der Waals surface area contributed by atoms with Crippen LogP contribution in [0.15, 0.2) is 48.5 Å². The molecular weight excluding hydrogens is 276 g/mol. The van der Waals surface area contributed by atoms with Crippen LogP contribution in [0.3, 0.4) is 0 Å². The lowest BCUT2D eigenvalue weighted by atomic mass is 10.1. The molecule has 3 N–H and O–H groups in total. The summed E-state index contributed by atoms with van der Waals surface area (Å²) in [6, 6.07) is 14.7. The molecule has 0 saturated carbocycles. The highest BCUT2D eigenvalue weighted by Crippen LogP contribution is 2.20. The van der Waals surface area contributed by atoms with Crippen LogP contribution in [0.2, 0.25) is 0 Å². The van der Waals surface area contributed by atoms with E-state index in [0.29, 0.717) is 12.1 Å². The molecule has 0 radical (unpaired) electrons. The van der Waals surface area contributed by atoms with Gasteiger partial charge in [-0.05, 0) is 62.7 Å². The smallest absolute Gasteiger partial charge is 0.228 e. The van der Waals surface area contributed by atoms with E-state index in [2.05, 4.69) is 5.32 Å². The minimum atomic E-state index is -0.236. The summed E-state index contributed by atoms with van der Waals surface area (Å²) in [6.45, 7) is 5.99. The average Bonchev–Trinajstić information content (AvgIpc) is 2.42. The summed E-state index contributed by atoms with van der Waals surface area (Å²) < 4.78 is 5.74. The Morgan fingerprint density at radius 2 is 1.64 bits per heavy atom. The predicted octanol–water partition coefficient (Wildman–Crippen LogP) is 3.63. The lowest BCUT2D eigenvalue weighted by Crippen LogP contribution is -2.22. The minimum Gasteiger partial charge on any atom is -0.488 e. The van der Waals surface area contributed by atoms with Gasteiger partial charge < -0.3 is 15.8 Å². The van der Waals surface area contributed by atoms with Crippen LogP contribution < -0.4 is 15.8 Å². The topological polar surface area (TPSA) is 64.3 Å². The second-order valence-electron chi connectivity index (χ2n) is 6.21. The highest BCUT2D eigenvalue weighted by molar-refractivity contribution is 5.92. The zero-order valence-corrected chi connectivity index (χ0v) is 13.2. The van der Waals surface area contributed by atoms with E-state index < -0.39 is 0 Å². The molecule has 22 heavy (non-hydrogen) atoms. The first kappa shape index (κ1) is 15.9. The Balaban J connectivity index is 1.93. The first-order valence-electron chi connectivity index (χ1n) is 7.25. The standard InChI is InChI=1S/C18H22N2O2/c1-18(2,3)22-16-10-8-15(9-11-16)20-17(21)12-13-4-6-14(19)7-5-13/h4-11H,12,19H2,1-3H3,(H,20,21). The van der Waals surface area contributed by atoms with Crippen LogP contribution in [0.25, 0.3) is 0 Å². The number of ether oxygens (including phenoxy) is 1. The Bertz CT molecular complexity index is 626. The maximum Gasteiger partial charge on any atom is 0.228 e. The molecule has 4 nitrogen and oxygen atoms in total. The van der Waals surface area contributed by atoms with Crippen molar-refractivity contribution >= 4 is 17.3 Å². The van der Waals surface area contributed by atoms with Gasteiger partial charge >= 0.3 is 0 Å². The molecule has 0 atom stereocenters. The summed E-state index contributed by atoms with van der Waals surface area (Å²) in [5.41, 5.74) is 7.76. The fourth-order valence-electron chi connectivity index (χ4n) is 1.99. The van der Waals surface area contributed by atoms with Crippen molar-refractivity contribution in [2.75, 3.05) is 11.1 Å². The number of nitrogen functional groups attached to an aromatic ring is 1. The lowest BCUT2D eigenvalue weighted by molar-refractivity contribution is -0.115. The molecule has 1 amide bonds. The van der Waals surface area contributed by atoms with Crippen LogP contribution in [0.5, 0.6) is 5.75 Å². The second-order valence-corrected chi connectivity index (χ2v) is 6.21. The maximum absolute atomic E-state index is 12.0. The van der Waals surface area contributed by atoms with Crippen molar-refractivity contribution in [2.24, 2.45) is 0 Å². The van der Waals surface area contributed by atoms with Crippen LogP contribution >= 0.6 is 0 Å². The van der Waals surface area contributed by atoms with E-state index in [-0.39, 0.29) is 11.5 Å². The van der Waals surface area contributed by atoms with Gasteiger partial charge in [0, 0.05) is 11.4 Å². The van der Waals surface area contributed by atoms with Crippen molar-refractivity contribution < 1.29 is 9.53 Å². The van der Waals surface area contributed by atoms with E-state index in [1.54, 1.807) is 12.1 Å². The summed E-state index contributed by atoms with van der Waals surface area (Å²) in [7, 11) is 0. The van der Waals surface area contributed by atoms with Crippen LogP contribution in [0, 0.1) is 0 Å². The summed E-state index contributed by atoms with van der Waals surface area (Å²) in [6.07, 6.45) is 0.320. The van der Waals surface area contributed by atoms with Gasteiger partial charge in [-0.1, -0.05) is 12.1 Å². The molecule has 0 unspecified atom stereocenters. The van der Waals surface area contributed by atoms with Crippen molar-refractivity contribution in [1.29, 1.82) is 0 Å². The Morgan fingerprint density at radius 1 is 1.05 bits per heavy atom. The quantitative estimate of drug-likeness (QED) is 0.847. The van der Waals surface area contributed by atoms with Crippen LogP contribution in [0.1, 0.15) is 26.3 Å². The van der Waals surface area contributed by atoms with Crippen molar-refractivity contribution in [3.05, 3.63) is 54.1 Å². The lowest BCUT2D eigenvalue weighted by Gasteiger charge is -2.21. The molecule has 0 aliphatic heterocycles. The Kier molecular flexibility index (Phi) is 4.71. The molecule has 0 saturated heterocycles. The number of nitrogens with one attached hydrogen (secondary N) is 1. The number of nitrogens with two attached hydrogens (primary N) is 1. The number of carbonyl (C=O) groups excluding carboxylic acids is 1. The Morgan fingerprint density at radius 3 is 2.18 bits per heavy atom. The molecular formula is C18H22N2O2. The number of hydrogen-bond donors (Lipinski definition) is 2. The Labute approximate surface area is 131 Å². The average molecular weight is 298 g/mol. The van der Waals surface area contributed by atoms with E-state index in [4.69, 9.17) is 10.5 Å². The third-order valence-corrected chi connectivity index (χ3v) is 2.91. The number of amides is 1.